The van der Waals surface area contributed by atoms with Gasteiger partial charge in [-0.1, -0.05) is 43.7 Å². The van der Waals surface area contributed by atoms with Crippen molar-refractivity contribution in [3.63, 3.8) is 0 Å². The third-order valence-corrected chi connectivity index (χ3v) is 2.99. The standard InChI is InChI=1S/C15H19N/c1-2-8-15(16-11-6-7-12-16)13-14-9-4-3-5-10-14/h3-7,9-12,15H,2,8,13H2,1H3. The van der Waals surface area contributed by atoms with E-state index in [-0.39, 0.29) is 0 Å². The fourth-order valence-corrected chi connectivity index (χ4v) is 2.17. The van der Waals surface area contributed by atoms with E-state index in [1.165, 1.54) is 18.4 Å². The molecular weight excluding hydrogens is 194 g/mol. The number of hydrogen-bond donors (Lipinski definition) is 0. The van der Waals surface area contributed by atoms with Gasteiger partial charge in [-0.05, 0) is 30.5 Å². The zero-order chi connectivity index (χ0) is 11.2. The van der Waals surface area contributed by atoms with Gasteiger partial charge in [-0.25, -0.2) is 0 Å². The highest BCUT2D eigenvalue weighted by atomic mass is 15.0. The second kappa shape index (κ2) is 5.55. The predicted molar refractivity (Wildman–Crippen MR) is 68.5 cm³/mol. The molecule has 1 atom stereocenters. The number of hydrogen-bond acceptors (Lipinski definition) is 0. The lowest BCUT2D eigenvalue weighted by Crippen LogP contribution is -2.09. The van der Waals surface area contributed by atoms with Gasteiger partial charge in [-0.3, -0.25) is 0 Å². The van der Waals surface area contributed by atoms with Gasteiger partial charge >= 0.3 is 0 Å². The maximum Gasteiger partial charge on any atom is 0.0370 e. The quantitative estimate of drug-likeness (QED) is 0.705. The van der Waals surface area contributed by atoms with Gasteiger partial charge < -0.3 is 4.57 Å². The first-order valence-corrected chi connectivity index (χ1v) is 6.06. The molecule has 2 aromatic rings. The van der Waals surface area contributed by atoms with E-state index in [2.05, 4.69) is 66.3 Å². The lowest BCUT2D eigenvalue weighted by atomic mass is 10.0. The highest BCUT2D eigenvalue weighted by molar-refractivity contribution is 5.16. The molecule has 1 heterocycles. The van der Waals surface area contributed by atoms with E-state index in [1.807, 2.05) is 0 Å². The van der Waals surface area contributed by atoms with Crippen molar-refractivity contribution in [2.45, 2.75) is 32.2 Å². The molecular formula is C15H19N. The normalized spacial score (nSPS) is 12.6. The van der Waals surface area contributed by atoms with E-state index in [1.54, 1.807) is 0 Å². The Kier molecular flexibility index (Phi) is 3.81. The number of rotatable bonds is 5. The van der Waals surface area contributed by atoms with E-state index in [4.69, 9.17) is 0 Å². The Morgan fingerprint density at radius 2 is 1.69 bits per heavy atom. The van der Waals surface area contributed by atoms with E-state index >= 15 is 0 Å². The molecule has 0 bridgehead atoms. The van der Waals surface area contributed by atoms with Crippen LogP contribution in [-0.2, 0) is 6.42 Å². The van der Waals surface area contributed by atoms with Crippen molar-refractivity contribution >= 4 is 0 Å². The lowest BCUT2D eigenvalue weighted by molar-refractivity contribution is 0.460. The minimum absolute atomic E-state index is 0.599. The zero-order valence-electron chi connectivity index (χ0n) is 9.84. The summed E-state index contributed by atoms with van der Waals surface area (Å²) in [6.07, 6.45) is 7.94. The van der Waals surface area contributed by atoms with E-state index < -0.39 is 0 Å². The average molecular weight is 213 g/mol. The second-order valence-electron chi connectivity index (χ2n) is 4.26. The van der Waals surface area contributed by atoms with E-state index in [0.717, 1.165) is 6.42 Å². The molecule has 0 aliphatic rings. The molecule has 0 spiro atoms. The third-order valence-electron chi connectivity index (χ3n) is 2.99. The van der Waals surface area contributed by atoms with E-state index in [9.17, 15) is 0 Å². The Hall–Kier alpha value is -1.50. The molecule has 0 aliphatic carbocycles. The Morgan fingerprint density at radius 3 is 2.31 bits per heavy atom. The van der Waals surface area contributed by atoms with Crippen molar-refractivity contribution in [3.05, 3.63) is 60.4 Å². The van der Waals surface area contributed by atoms with Gasteiger partial charge in [0.2, 0.25) is 0 Å². The minimum Gasteiger partial charge on any atom is -0.351 e. The van der Waals surface area contributed by atoms with Crippen LogP contribution in [-0.4, -0.2) is 4.57 Å². The van der Waals surface area contributed by atoms with Gasteiger partial charge in [0.15, 0.2) is 0 Å². The van der Waals surface area contributed by atoms with Crippen LogP contribution in [0, 0.1) is 0 Å². The molecule has 84 valence electrons. The molecule has 1 heteroatoms. The molecule has 0 saturated carbocycles. The monoisotopic (exact) mass is 213 g/mol. The van der Waals surface area contributed by atoms with Gasteiger partial charge in [0.05, 0.1) is 0 Å². The first-order chi connectivity index (χ1) is 7.90. The van der Waals surface area contributed by atoms with Gasteiger partial charge in [0, 0.05) is 18.4 Å². The SMILES string of the molecule is CCCC(Cc1ccccc1)n1cccc1. The molecule has 2 rings (SSSR count). The Bertz CT molecular complexity index is 389. The van der Waals surface area contributed by atoms with Gasteiger partial charge in [-0.15, -0.1) is 0 Å². The molecule has 1 unspecified atom stereocenters. The van der Waals surface area contributed by atoms with Crippen molar-refractivity contribution < 1.29 is 0 Å². The Balaban J connectivity index is 2.09. The van der Waals surface area contributed by atoms with Crippen molar-refractivity contribution in [1.82, 2.24) is 4.57 Å². The average Bonchev–Trinajstić information content (AvgIpc) is 2.83. The van der Waals surface area contributed by atoms with Crippen LogP contribution in [0.25, 0.3) is 0 Å². The molecule has 0 N–H and O–H groups in total. The topological polar surface area (TPSA) is 4.93 Å². The van der Waals surface area contributed by atoms with Crippen molar-refractivity contribution in [3.8, 4) is 0 Å². The van der Waals surface area contributed by atoms with Gasteiger partial charge in [0.1, 0.15) is 0 Å². The predicted octanol–water partition coefficient (Wildman–Crippen LogP) is 4.07. The summed E-state index contributed by atoms with van der Waals surface area (Å²) in [6.45, 7) is 2.25. The number of aromatic nitrogens is 1. The van der Waals surface area contributed by atoms with Crippen LogP contribution < -0.4 is 0 Å². The maximum atomic E-state index is 2.33. The summed E-state index contributed by atoms with van der Waals surface area (Å²) in [5.74, 6) is 0. The third kappa shape index (κ3) is 2.75. The molecule has 1 aromatic heterocycles. The molecule has 0 fully saturated rings. The van der Waals surface area contributed by atoms with Crippen LogP contribution in [0.4, 0.5) is 0 Å². The van der Waals surface area contributed by atoms with E-state index in [0.29, 0.717) is 6.04 Å². The summed E-state index contributed by atoms with van der Waals surface area (Å²) in [4.78, 5) is 0. The number of benzene rings is 1. The molecule has 16 heavy (non-hydrogen) atoms. The fourth-order valence-electron chi connectivity index (χ4n) is 2.17. The molecule has 0 radical (unpaired) electrons. The second-order valence-corrected chi connectivity index (χ2v) is 4.26. The van der Waals surface area contributed by atoms with Gasteiger partial charge in [0.25, 0.3) is 0 Å². The van der Waals surface area contributed by atoms with Crippen molar-refractivity contribution in [1.29, 1.82) is 0 Å². The molecule has 1 aromatic carbocycles. The van der Waals surface area contributed by atoms with Crippen LogP contribution in [0.15, 0.2) is 54.9 Å². The lowest BCUT2D eigenvalue weighted by Gasteiger charge is -2.18. The largest absolute Gasteiger partial charge is 0.351 e. The van der Waals surface area contributed by atoms with Crippen LogP contribution >= 0.6 is 0 Å². The van der Waals surface area contributed by atoms with Crippen LogP contribution in [0.3, 0.4) is 0 Å². The first kappa shape index (κ1) is 11.0. The number of nitrogens with zero attached hydrogens (tertiary/aromatic N) is 1. The summed E-state index contributed by atoms with van der Waals surface area (Å²) in [6, 6.07) is 15.6. The fraction of sp³-hybridized carbons (Fsp3) is 0.333. The van der Waals surface area contributed by atoms with Crippen molar-refractivity contribution in [2.24, 2.45) is 0 Å². The summed E-state index contributed by atoms with van der Waals surface area (Å²) >= 11 is 0. The van der Waals surface area contributed by atoms with Gasteiger partial charge in [-0.2, -0.15) is 0 Å². The highest BCUT2D eigenvalue weighted by Gasteiger charge is 2.09. The van der Waals surface area contributed by atoms with Crippen LogP contribution in [0.2, 0.25) is 0 Å². The molecule has 0 amide bonds. The highest BCUT2D eigenvalue weighted by Crippen LogP contribution is 2.19. The minimum atomic E-state index is 0.599. The Morgan fingerprint density at radius 1 is 1.00 bits per heavy atom. The van der Waals surface area contributed by atoms with Crippen molar-refractivity contribution in [2.75, 3.05) is 0 Å². The molecule has 1 nitrogen and oxygen atoms in total. The summed E-state index contributed by atoms with van der Waals surface area (Å²) in [5.41, 5.74) is 1.43. The Labute approximate surface area is 97.7 Å². The summed E-state index contributed by atoms with van der Waals surface area (Å²) < 4.78 is 2.33. The zero-order valence-corrected chi connectivity index (χ0v) is 9.84. The first-order valence-electron chi connectivity index (χ1n) is 6.06. The van der Waals surface area contributed by atoms with Crippen LogP contribution in [0.1, 0.15) is 31.4 Å². The summed E-state index contributed by atoms with van der Waals surface area (Å²) in [5, 5.41) is 0. The molecule has 0 saturated heterocycles. The summed E-state index contributed by atoms with van der Waals surface area (Å²) in [7, 11) is 0. The molecule has 0 aliphatic heterocycles. The van der Waals surface area contributed by atoms with Crippen LogP contribution in [0.5, 0.6) is 0 Å². The maximum absolute atomic E-state index is 2.33. The smallest absolute Gasteiger partial charge is 0.0370 e.